The van der Waals surface area contributed by atoms with E-state index < -0.39 is 24.4 Å². The summed E-state index contributed by atoms with van der Waals surface area (Å²) in [4.78, 5) is 49.8. The Morgan fingerprint density at radius 2 is 1.69 bits per heavy atom. The van der Waals surface area contributed by atoms with Gasteiger partial charge < -0.3 is 14.5 Å². The SMILES string of the molecule is CC(C)CCN1C[C@@H]2N(C(=O)OCc3cccc4ccccc34)O[C@@H](Cc3ccccc3)C(=O)N2[C@@H](C)C1=O. The molecule has 2 heterocycles. The minimum absolute atomic E-state index is 0.0512. The predicted octanol–water partition coefficient (Wildman–Crippen LogP) is 4.77. The quantitative estimate of drug-likeness (QED) is 0.441. The van der Waals surface area contributed by atoms with Crippen molar-refractivity contribution in [3.63, 3.8) is 0 Å². The molecule has 0 radical (unpaired) electrons. The number of fused-ring (bicyclic) bond motifs is 2. The topological polar surface area (TPSA) is 79.4 Å². The van der Waals surface area contributed by atoms with Crippen LogP contribution >= 0.6 is 0 Å². The van der Waals surface area contributed by atoms with Crippen LogP contribution in [0.4, 0.5) is 4.79 Å². The zero-order valence-corrected chi connectivity index (χ0v) is 22.7. The molecule has 0 N–H and O–H groups in total. The Hall–Kier alpha value is -3.91. The number of hydrogen-bond donors (Lipinski definition) is 0. The van der Waals surface area contributed by atoms with E-state index in [0.717, 1.165) is 28.3 Å². The van der Waals surface area contributed by atoms with Crippen molar-refractivity contribution in [1.29, 1.82) is 0 Å². The predicted molar refractivity (Wildman–Crippen MR) is 147 cm³/mol. The molecule has 0 spiro atoms. The first-order valence-electron chi connectivity index (χ1n) is 13.6. The van der Waals surface area contributed by atoms with Crippen molar-refractivity contribution >= 4 is 28.7 Å². The Balaban J connectivity index is 1.40. The molecule has 0 unspecified atom stereocenters. The number of amides is 3. The molecular weight excluding hydrogens is 494 g/mol. The molecule has 2 aliphatic heterocycles. The number of hydroxylamine groups is 2. The van der Waals surface area contributed by atoms with E-state index in [-0.39, 0.29) is 31.4 Å². The fourth-order valence-electron chi connectivity index (χ4n) is 5.31. The summed E-state index contributed by atoms with van der Waals surface area (Å²) in [6.07, 6.45) is -1.32. The third-order valence-corrected chi connectivity index (χ3v) is 7.48. The van der Waals surface area contributed by atoms with Crippen LogP contribution in [-0.4, -0.2) is 64.2 Å². The highest BCUT2D eigenvalue weighted by molar-refractivity contribution is 5.92. The van der Waals surface area contributed by atoms with E-state index in [2.05, 4.69) is 13.8 Å². The smallest absolute Gasteiger partial charge is 0.436 e. The van der Waals surface area contributed by atoms with Crippen LogP contribution in [-0.2, 0) is 32.2 Å². The van der Waals surface area contributed by atoms with E-state index in [1.165, 1.54) is 9.96 Å². The van der Waals surface area contributed by atoms with Crippen molar-refractivity contribution in [2.45, 2.75) is 58.5 Å². The summed E-state index contributed by atoms with van der Waals surface area (Å²) in [5, 5.41) is 3.23. The first-order valence-corrected chi connectivity index (χ1v) is 13.6. The maximum absolute atomic E-state index is 13.6. The maximum atomic E-state index is 13.6. The van der Waals surface area contributed by atoms with Crippen LogP contribution < -0.4 is 0 Å². The lowest BCUT2D eigenvalue weighted by atomic mass is 10.0. The van der Waals surface area contributed by atoms with E-state index in [0.29, 0.717) is 12.5 Å². The van der Waals surface area contributed by atoms with Crippen molar-refractivity contribution in [2.24, 2.45) is 5.92 Å². The van der Waals surface area contributed by atoms with Gasteiger partial charge in [-0.15, -0.1) is 0 Å². The van der Waals surface area contributed by atoms with E-state index in [1.807, 2.05) is 72.8 Å². The summed E-state index contributed by atoms with van der Waals surface area (Å²) >= 11 is 0. The highest BCUT2D eigenvalue weighted by atomic mass is 16.7. The summed E-state index contributed by atoms with van der Waals surface area (Å²) < 4.78 is 5.77. The molecule has 3 atom stereocenters. The third kappa shape index (κ3) is 5.61. The third-order valence-electron chi connectivity index (χ3n) is 7.48. The van der Waals surface area contributed by atoms with Gasteiger partial charge in [-0.25, -0.2) is 4.79 Å². The van der Waals surface area contributed by atoms with E-state index in [1.54, 1.807) is 11.8 Å². The van der Waals surface area contributed by atoms with Crippen LogP contribution in [0.5, 0.6) is 0 Å². The Bertz CT molecular complexity index is 1340. The fraction of sp³-hybridized carbons (Fsp3) is 0.387. The average Bonchev–Trinajstić information content (AvgIpc) is 2.94. The molecule has 5 rings (SSSR count). The molecule has 204 valence electrons. The molecule has 39 heavy (non-hydrogen) atoms. The number of hydrogen-bond acceptors (Lipinski definition) is 5. The number of nitrogens with zero attached hydrogens (tertiary/aromatic N) is 3. The summed E-state index contributed by atoms with van der Waals surface area (Å²) in [7, 11) is 0. The molecular formula is C31H35N3O5. The van der Waals surface area contributed by atoms with Crippen molar-refractivity contribution in [2.75, 3.05) is 13.1 Å². The van der Waals surface area contributed by atoms with Crippen molar-refractivity contribution in [1.82, 2.24) is 14.9 Å². The lowest BCUT2D eigenvalue weighted by Gasteiger charge is -2.51. The Morgan fingerprint density at radius 3 is 2.46 bits per heavy atom. The second-order valence-electron chi connectivity index (χ2n) is 10.7. The Kier molecular flexibility index (Phi) is 7.84. The average molecular weight is 530 g/mol. The van der Waals surface area contributed by atoms with Gasteiger partial charge in [-0.2, -0.15) is 5.06 Å². The van der Waals surface area contributed by atoms with Gasteiger partial charge in [0.05, 0.1) is 6.54 Å². The van der Waals surface area contributed by atoms with Gasteiger partial charge >= 0.3 is 6.09 Å². The molecule has 0 aromatic heterocycles. The van der Waals surface area contributed by atoms with Crippen molar-refractivity contribution in [3.05, 3.63) is 83.9 Å². The number of benzene rings is 3. The largest absolute Gasteiger partial charge is 0.443 e. The highest BCUT2D eigenvalue weighted by Gasteiger charge is 2.52. The standard InChI is InChI=1S/C31H35N3O5/c1-21(2)16-17-32-19-28-33(22(3)29(32)35)30(36)27(18-23-10-5-4-6-11-23)39-34(28)31(37)38-20-25-14-9-13-24-12-7-8-15-26(24)25/h4-15,21-22,27-28H,16-20H2,1-3H3/t22-,27-,28-/m0/s1. The van der Waals surface area contributed by atoms with Crippen LogP contribution in [0.2, 0.25) is 0 Å². The fourth-order valence-corrected chi connectivity index (χ4v) is 5.31. The van der Waals surface area contributed by atoms with Gasteiger partial charge in [0.15, 0.2) is 12.3 Å². The first kappa shape index (κ1) is 26.7. The second-order valence-corrected chi connectivity index (χ2v) is 10.7. The number of carbonyl (C=O) groups excluding carboxylic acids is 3. The van der Waals surface area contributed by atoms with Gasteiger partial charge in [-0.1, -0.05) is 86.6 Å². The highest BCUT2D eigenvalue weighted by Crippen LogP contribution is 2.30. The van der Waals surface area contributed by atoms with Gasteiger partial charge in [0.1, 0.15) is 12.6 Å². The summed E-state index contributed by atoms with van der Waals surface area (Å²) in [5.41, 5.74) is 1.77. The monoisotopic (exact) mass is 529 g/mol. The molecule has 3 amide bonds. The number of carbonyl (C=O) groups is 3. The zero-order chi connectivity index (χ0) is 27.5. The van der Waals surface area contributed by atoms with E-state index in [4.69, 9.17) is 9.57 Å². The Labute approximate surface area is 229 Å². The first-order chi connectivity index (χ1) is 18.8. The summed E-state index contributed by atoms with van der Waals surface area (Å²) in [5.74, 6) is -0.0108. The molecule has 2 fully saturated rings. The van der Waals surface area contributed by atoms with E-state index >= 15 is 0 Å². The summed E-state index contributed by atoms with van der Waals surface area (Å²) in [6.45, 7) is 6.69. The van der Waals surface area contributed by atoms with Crippen LogP contribution in [0.15, 0.2) is 72.8 Å². The Morgan fingerprint density at radius 1 is 0.974 bits per heavy atom. The van der Waals surface area contributed by atoms with Crippen LogP contribution in [0, 0.1) is 5.92 Å². The van der Waals surface area contributed by atoms with Gasteiger partial charge in [0.2, 0.25) is 5.91 Å². The van der Waals surface area contributed by atoms with Crippen LogP contribution in [0.3, 0.4) is 0 Å². The lowest BCUT2D eigenvalue weighted by molar-refractivity contribution is -0.266. The van der Waals surface area contributed by atoms with Crippen molar-refractivity contribution in [3.8, 4) is 0 Å². The summed E-state index contributed by atoms with van der Waals surface area (Å²) in [6, 6.07) is 22.6. The molecule has 8 heteroatoms. The minimum atomic E-state index is -0.953. The second kappa shape index (κ2) is 11.5. The van der Waals surface area contributed by atoms with Gasteiger partial charge in [-0.3, -0.25) is 14.4 Å². The number of piperazine rings is 1. The zero-order valence-electron chi connectivity index (χ0n) is 22.7. The molecule has 0 bridgehead atoms. The molecule has 2 aliphatic rings. The molecule has 0 saturated carbocycles. The number of ether oxygens (including phenoxy) is 1. The van der Waals surface area contributed by atoms with Crippen LogP contribution in [0.25, 0.3) is 10.8 Å². The van der Waals surface area contributed by atoms with Gasteiger partial charge in [-0.05, 0) is 41.2 Å². The molecule has 2 saturated heterocycles. The lowest BCUT2D eigenvalue weighted by Crippen LogP contribution is -2.73. The van der Waals surface area contributed by atoms with Crippen molar-refractivity contribution < 1.29 is 24.0 Å². The van der Waals surface area contributed by atoms with Gasteiger partial charge in [0, 0.05) is 13.0 Å². The normalized spacial score (nSPS) is 21.4. The minimum Gasteiger partial charge on any atom is -0.443 e. The van der Waals surface area contributed by atoms with Crippen LogP contribution in [0.1, 0.15) is 38.3 Å². The van der Waals surface area contributed by atoms with E-state index in [9.17, 15) is 14.4 Å². The molecule has 0 aliphatic carbocycles. The maximum Gasteiger partial charge on any atom is 0.436 e. The van der Waals surface area contributed by atoms with Gasteiger partial charge in [0.25, 0.3) is 5.91 Å². The number of rotatable bonds is 7. The molecule has 3 aromatic carbocycles. The molecule has 3 aromatic rings. The molecule has 8 nitrogen and oxygen atoms in total.